The summed E-state index contributed by atoms with van der Waals surface area (Å²) in [5, 5.41) is 0. The summed E-state index contributed by atoms with van der Waals surface area (Å²) in [6.45, 7) is 5.03. The lowest BCUT2D eigenvalue weighted by Gasteiger charge is -2.20. The molecular formula is C18H20F2N2O. The highest BCUT2D eigenvalue weighted by atomic mass is 19.1. The van der Waals surface area contributed by atoms with Crippen LogP contribution < -0.4 is 10.5 Å². The third-order valence-corrected chi connectivity index (χ3v) is 4.55. The summed E-state index contributed by atoms with van der Waals surface area (Å²) in [5.74, 6) is -1.24. The minimum atomic E-state index is -0.624. The van der Waals surface area contributed by atoms with Crippen LogP contribution in [0.25, 0.3) is 0 Å². The summed E-state index contributed by atoms with van der Waals surface area (Å²) in [6, 6.07) is 5.30. The molecule has 2 heterocycles. The van der Waals surface area contributed by atoms with Gasteiger partial charge in [0.15, 0.2) is 0 Å². The van der Waals surface area contributed by atoms with Gasteiger partial charge in [0.2, 0.25) is 0 Å². The van der Waals surface area contributed by atoms with Crippen LogP contribution in [0.15, 0.2) is 29.1 Å². The van der Waals surface area contributed by atoms with Gasteiger partial charge in [0.05, 0.1) is 11.4 Å². The lowest BCUT2D eigenvalue weighted by Crippen LogP contribution is -2.30. The van der Waals surface area contributed by atoms with E-state index < -0.39 is 11.6 Å². The SMILES string of the molecule is CN1CC(C)(C)c2c1cc(Cc1ccc(F)cc1F)c(=O)n2C. The Bertz CT molecular complexity index is 840. The van der Waals surface area contributed by atoms with E-state index >= 15 is 0 Å². The third-order valence-electron chi connectivity index (χ3n) is 4.55. The molecule has 0 unspecified atom stereocenters. The highest BCUT2D eigenvalue weighted by Crippen LogP contribution is 2.38. The van der Waals surface area contributed by atoms with Crippen molar-refractivity contribution < 1.29 is 8.78 Å². The van der Waals surface area contributed by atoms with Crippen LogP contribution >= 0.6 is 0 Å². The average molecular weight is 318 g/mol. The first kappa shape index (κ1) is 15.7. The summed E-state index contributed by atoms with van der Waals surface area (Å²) >= 11 is 0. The maximum absolute atomic E-state index is 13.9. The Hall–Kier alpha value is -2.17. The fraction of sp³-hybridized carbons (Fsp3) is 0.389. The molecule has 2 aromatic rings. The van der Waals surface area contributed by atoms with Crippen LogP contribution in [0.2, 0.25) is 0 Å². The van der Waals surface area contributed by atoms with Crippen molar-refractivity contribution in [1.82, 2.24) is 4.57 Å². The zero-order valence-electron chi connectivity index (χ0n) is 13.8. The quantitative estimate of drug-likeness (QED) is 0.850. The van der Waals surface area contributed by atoms with E-state index in [0.29, 0.717) is 11.1 Å². The van der Waals surface area contributed by atoms with E-state index in [1.54, 1.807) is 11.6 Å². The minimum Gasteiger partial charge on any atom is -0.372 e. The monoisotopic (exact) mass is 318 g/mol. The first-order valence-electron chi connectivity index (χ1n) is 7.59. The Morgan fingerprint density at radius 3 is 2.48 bits per heavy atom. The molecule has 1 aromatic heterocycles. The number of fused-ring (bicyclic) bond motifs is 1. The van der Waals surface area contributed by atoms with Crippen molar-refractivity contribution in [3.63, 3.8) is 0 Å². The first-order valence-corrected chi connectivity index (χ1v) is 7.59. The van der Waals surface area contributed by atoms with Gasteiger partial charge in [-0.25, -0.2) is 8.78 Å². The lowest BCUT2D eigenvalue weighted by atomic mass is 9.90. The normalized spacial score (nSPS) is 15.8. The van der Waals surface area contributed by atoms with Crippen molar-refractivity contribution in [2.24, 2.45) is 7.05 Å². The molecule has 1 aliphatic heterocycles. The van der Waals surface area contributed by atoms with Crippen LogP contribution in [-0.4, -0.2) is 18.2 Å². The Morgan fingerprint density at radius 2 is 1.83 bits per heavy atom. The van der Waals surface area contributed by atoms with Gasteiger partial charge in [0.1, 0.15) is 11.6 Å². The van der Waals surface area contributed by atoms with Gasteiger partial charge < -0.3 is 9.47 Å². The molecule has 3 rings (SSSR count). The molecule has 0 fully saturated rings. The number of nitrogens with zero attached hydrogens (tertiary/aromatic N) is 2. The van der Waals surface area contributed by atoms with Gasteiger partial charge >= 0.3 is 0 Å². The van der Waals surface area contributed by atoms with Gasteiger partial charge in [-0.2, -0.15) is 0 Å². The number of rotatable bonds is 2. The number of halogens is 2. The summed E-state index contributed by atoms with van der Waals surface area (Å²) < 4.78 is 28.6. The van der Waals surface area contributed by atoms with E-state index in [1.165, 1.54) is 12.1 Å². The summed E-state index contributed by atoms with van der Waals surface area (Å²) in [4.78, 5) is 14.8. The van der Waals surface area contributed by atoms with E-state index in [4.69, 9.17) is 0 Å². The second-order valence-corrected chi connectivity index (χ2v) is 6.92. The molecule has 0 amide bonds. The molecule has 0 N–H and O–H groups in total. The zero-order chi connectivity index (χ0) is 16.9. The van der Waals surface area contributed by atoms with E-state index in [-0.39, 0.29) is 17.4 Å². The molecule has 0 saturated heterocycles. The van der Waals surface area contributed by atoms with E-state index in [1.807, 2.05) is 13.1 Å². The first-order chi connectivity index (χ1) is 10.7. The topological polar surface area (TPSA) is 25.2 Å². The second-order valence-electron chi connectivity index (χ2n) is 6.92. The lowest BCUT2D eigenvalue weighted by molar-refractivity contribution is 0.521. The highest BCUT2D eigenvalue weighted by Gasteiger charge is 2.36. The number of hydrogen-bond acceptors (Lipinski definition) is 2. The number of anilines is 1. The molecule has 0 radical (unpaired) electrons. The number of hydrogen-bond donors (Lipinski definition) is 0. The fourth-order valence-electron chi connectivity index (χ4n) is 3.63. The van der Waals surface area contributed by atoms with Crippen LogP contribution in [0.5, 0.6) is 0 Å². The highest BCUT2D eigenvalue weighted by molar-refractivity contribution is 5.60. The predicted octanol–water partition coefficient (Wildman–Crippen LogP) is 2.98. The van der Waals surface area contributed by atoms with Gasteiger partial charge in [-0.3, -0.25) is 4.79 Å². The van der Waals surface area contributed by atoms with Crippen LogP contribution in [-0.2, 0) is 18.9 Å². The maximum Gasteiger partial charge on any atom is 0.254 e. The maximum atomic E-state index is 13.9. The van der Waals surface area contributed by atoms with Crippen molar-refractivity contribution in [3.05, 3.63) is 63.1 Å². The van der Waals surface area contributed by atoms with E-state index in [9.17, 15) is 13.6 Å². The molecule has 1 aliphatic rings. The Labute approximate surface area is 134 Å². The molecule has 5 heteroatoms. The second kappa shape index (κ2) is 5.18. The van der Waals surface area contributed by atoms with Gasteiger partial charge in [-0.15, -0.1) is 0 Å². The molecule has 0 bridgehead atoms. The summed E-state index contributed by atoms with van der Waals surface area (Å²) in [5.41, 5.74) is 2.58. The Kier molecular flexibility index (Phi) is 3.54. The summed E-state index contributed by atoms with van der Waals surface area (Å²) in [6.07, 6.45) is 0.153. The molecular weight excluding hydrogens is 298 g/mol. The third kappa shape index (κ3) is 2.54. The van der Waals surface area contributed by atoms with Crippen molar-refractivity contribution in [1.29, 1.82) is 0 Å². The molecule has 3 nitrogen and oxygen atoms in total. The van der Waals surface area contributed by atoms with E-state index in [0.717, 1.165) is 24.0 Å². The standard InChI is InChI=1S/C18H20F2N2O/c1-18(2)10-21(3)15-8-12(17(23)22(4)16(15)18)7-11-5-6-13(19)9-14(11)20/h5-6,8-9H,7,10H2,1-4H3. The van der Waals surface area contributed by atoms with Crippen molar-refractivity contribution in [2.45, 2.75) is 25.7 Å². The smallest absolute Gasteiger partial charge is 0.254 e. The average Bonchev–Trinajstić information content (AvgIpc) is 2.68. The molecule has 0 aliphatic carbocycles. The number of aromatic nitrogens is 1. The van der Waals surface area contributed by atoms with Crippen LogP contribution in [0.1, 0.15) is 30.7 Å². The van der Waals surface area contributed by atoms with Gasteiger partial charge in [0, 0.05) is 44.1 Å². The van der Waals surface area contributed by atoms with Crippen LogP contribution in [0, 0.1) is 11.6 Å². The molecule has 0 saturated carbocycles. The van der Waals surface area contributed by atoms with Gasteiger partial charge in [-0.05, 0) is 17.7 Å². The Balaban J connectivity index is 2.11. The molecule has 0 atom stereocenters. The van der Waals surface area contributed by atoms with Crippen LogP contribution in [0.4, 0.5) is 14.5 Å². The number of pyridine rings is 1. The fourth-order valence-corrected chi connectivity index (χ4v) is 3.63. The van der Waals surface area contributed by atoms with Gasteiger partial charge in [0.25, 0.3) is 5.56 Å². The van der Waals surface area contributed by atoms with Crippen molar-refractivity contribution in [3.8, 4) is 0 Å². The Morgan fingerprint density at radius 1 is 1.13 bits per heavy atom. The van der Waals surface area contributed by atoms with Crippen molar-refractivity contribution >= 4 is 5.69 Å². The molecule has 23 heavy (non-hydrogen) atoms. The van der Waals surface area contributed by atoms with Gasteiger partial charge in [-0.1, -0.05) is 19.9 Å². The number of likely N-dealkylation sites (N-methyl/N-ethyl adjacent to an activating group) is 1. The molecule has 1 aromatic carbocycles. The van der Waals surface area contributed by atoms with E-state index in [2.05, 4.69) is 18.7 Å². The zero-order valence-corrected chi connectivity index (χ0v) is 13.8. The summed E-state index contributed by atoms with van der Waals surface area (Å²) in [7, 11) is 3.74. The minimum absolute atomic E-state index is 0.113. The number of benzene rings is 1. The molecule has 122 valence electrons. The largest absolute Gasteiger partial charge is 0.372 e. The van der Waals surface area contributed by atoms with Crippen molar-refractivity contribution in [2.75, 3.05) is 18.5 Å². The van der Waals surface area contributed by atoms with Crippen LogP contribution in [0.3, 0.4) is 0 Å². The predicted molar refractivity (Wildman–Crippen MR) is 87.1 cm³/mol. The molecule has 0 spiro atoms.